The number of nitrogens with two attached hydrogens (primary N) is 2. The number of ether oxygens (including phenoxy) is 2. The van der Waals surface area contributed by atoms with Gasteiger partial charge in [0.2, 0.25) is 0 Å². The zero-order valence-electron chi connectivity index (χ0n) is 24.0. The normalized spacial score (nSPS) is 32.2. The van der Waals surface area contributed by atoms with Crippen LogP contribution in [0.4, 0.5) is 5.82 Å². The summed E-state index contributed by atoms with van der Waals surface area (Å²) in [6.45, 7) is -2.02. The number of fused-ring (bicyclic) bond motifs is 1. The predicted octanol–water partition coefficient (Wildman–Crippen LogP) is -3.65. The number of primary amides is 1. The van der Waals surface area contributed by atoms with Gasteiger partial charge in [-0.2, -0.15) is 4.57 Å². The Kier molecular flexibility index (Phi) is 8.37. The summed E-state index contributed by atoms with van der Waals surface area (Å²) in [5, 5.41) is 41.7. The van der Waals surface area contributed by atoms with E-state index >= 15 is 0 Å². The minimum atomic E-state index is -5.67. The lowest BCUT2D eigenvalue weighted by Crippen LogP contribution is -2.46. The van der Waals surface area contributed by atoms with E-state index in [1.165, 1.54) is 29.1 Å². The highest BCUT2D eigenvalue weighted by molar-refractivity contribution is 7.60. The summed E-state index contributed by atoms with van der Waals surface area (Å²) in [5.74, 6) is -1.03. The summed E-state index contributed by atoms with van der Waals surface area (Å²) in [6.07, 6.45) is -11.4. The quantitative estimate of drug-likeness (QED) is 0.0765. The third-order valence-electron chi connectivity index (χ3n) is 6.61. The smallest absolute Gasteiger partial charge is 0.478 e. The first-order valence-electron chi connectivity index (χ1n) is 13.4. The van der Waals surface area contributed by atoms with Gasteiger partial charge in [-0.1, -0.05) is 0 Å². The predicted molar refractivity (Wildman–Crippen MR) is 137 cm³/mol. The van der Waals surface area contributed by atoms with Gasteiger partial charge in [0.25, 0.3) is 20.0 Å². The highest BCUT2D eigenvalue weighted by Crippen LogP contribution is 2.58. The second-order valence-corrected chi connectivity index (χ2v) is 12.5. The fourth-order valence-corrected chi connectivity index (χ4v) is 6.50. The Balaban J connectivity index is 1.18. The van der Waals surface area contributed by atoms with Gasteiger partial charge in [0.15, 0.2) is 36.2 Å². The Morgan fingerprint density at radius 2 is 1.77 bits per heavy atom. The minimum absolute atomic E-state index is 0.0445. The molecule has 2 saturated heterocycles. The minimum Gasteiger partial charge on any atom is -0.756 e. The van der Waals surface area contributed by atoms with Crippen molar-refractivity contribution < 1.29 is 74.3 Å². The third kappa shape index (κ3) is 6.65. The van der Waals surface area contributed by atoms with Gasteiger partial charge in [0.05, 0.1) is 19.5 Å². The average molecular weight is 667 g/mol. The molecule has 2 unspecified atom stereocenters. The molecule has 0 saturated carbocycles. The standard InChI is InChI=1S/C21H27N7O14P2/c22-17-12-19(25-7-24-17)28(8-26-12)21-16(32)14(30)11(41-21)6-39-44(36,37)42-43(34,35)38-5-10-13(29)15(31)20(40-10)27-3-1-2-9(4-27)18(23)33/h1-4,7-8,10-11,13-16,20-21,29-32H,5-6H2,(H5-,22,23,24,25,33,34,35,36,37)/t10-,11-,13-,14-,15-,16-,20-,21-/m1/s1/i7T,8T. The Labute approximate surface area is 249 Å². The molecular weight excluding hydrogens is 636 g/mol. The highest BCUT2D eigenvalue weighted by atomic mass is 31.3. The second kappa shape index (κ2) is 12.4. The number of phosphoric acid groups is 2. The maximum atomic E-state index is 12.4. The Hall–Kier alpha value is -3.01. The zero-order chi connectivity index (χ0) is 33.7. The van der Waals surface area contributed by atoms with E-state index in [0.717, 1.165) is 4.57 Å². The first-order chi connectivity index (χ1) is 21.5. The van der Waals surface area contributed by atoms with Crippen LogP contribution in [0.5, 0.6) is 0 Å². The number of nitrogens with zero attached hydrogens (tertiary/aromatic N) is 5. The zero-order valence-corrected chi connectivity index (χ0v) is 23.8. The Morgan fingerprint density at radius 1 is 1.09 bits per heavy atom. The number of phosphoric ester groups is 2. The number of nitrogen functional groups attached to an aromatic ring is 1. The molecule has 2 aliphatic rings. The SMILES string of the molecule is [3H]c1nc(N)c2nc([3H])n([C@@H]3O[C@H](COP(=O)(O)OP(=O)([O-])OC[C@H]4O[C@@H]([n+]5cccc(C(N)=O)c5)[C@H](O)[C@@H]4O)[C@@H](O)[C@H]3O)c2n1. The van der Waals surface area contributed by atoms with Crippen LogP contribution in [-0.4, -0.2) is 101 Å². The molecule has 0 bridgehead atoms. The van der Waals surface area contributed by atoms with Crippen LogP contribution in [0.1, 0.15) is 25.6 Å². The van der Waals surface area contributed by atoms with Gasteiger partial charge in [-0.3, -0.25) is 18.5 Å². The fourth-order valence-electron chi connectivity index (χ4n) is 4.45. The van der Waals surface area contributed by atoms with Crippen LogP contribution in [0.2, 0.25) is 0 Å². The number of hydrogen-bond donors (Lipinski definition) is 7. The largest absolute Gasteiger partial charge is 0.756 e. The Bertz CT molecular complexity index is 1740. The van der Waals surface area contributed by atoms with Gasteiger partial charge >= 0.3 is 7.82 Å². The van der Waals surface area contributed by atoms with Gasteiger partial charge in [-0.25, -0.2) is 23.8 Å². The first-order valence-corrected chi connectivity index (χ1v) is 15.4. The molecule has 0 radical (unpaired) electrons. The van der Waals surface area contributed by atoms with Gasteiger partial charge in [-0.05, 0) is 6.07 Å². The Morgan fingerprint density at radius 3 is 2.50 bits per heavy atom. The van der Waals surface area contributed by atoms with Gasteiger partial charge in [0, 0.05) is 6.07 Å². The summed E-state index contributed by atoms with van der Waals surface area (Å²) in [7, 11) is -11.2. The first kappa shape index (κ1) is 29.7. The van der Waals surface area contributed by atoms with Crippen LogP contribution < -0.4 is 20.9 Å². The number of imidazole rings is 1. The number of aliphatic hydroxyl groups excluding tert-OH is 4. The summed E-state index contributed by atoms with van der Waals surface area (Å²) in [6, 6.07) is 2.79. The maximum absolute atomic E-state index is 12.4. The molecule has 23 heteroatoms. The number of carbonyl (C=O) groups is 1. The van der Waals surface area contributed by atoms with Crippen LogP contribution in [0.25, 0.3) is 11.2 Å². The van der Waals surface area contributed by atoms with Crippen molar-refractivity contribution in [1.29, 1.82) is 0 Å². The lowest BCUT2D eigenvalue weighted by molar-refractivity contribution is -0.765. The van der Waals surface area contributed by atoms with Crippen molar-refractivity contribution in [1.82, 2.24) is 19.5 Å². The van der Waals surface area contributed by atoms with Crippen molar-refractivity contribution in [3.8, 4) is 0 Å². The summed E-state index contributed by atoms with van der Waals surface area (Å²) in [4.78, 5) is 45.0. The molecule has 0 spiro atoms. The molecule has 2 aliphatic heterocycles. The number of pyridine rings is 1. The van der Waals surface area contributed by atoms with Crippen molar-refractivity contribution >= 4 is 38.5 Å². The molecule has 5 heterocycles. The highest BCUT2D eigenvalue weighted by Gasteiger charge is 2.49. The molecule has 3 aromatic rings. The van der Waals surface area contributed by atoms with Crippen molar-refractivity contribution in [3.63, 3.8) is 0 Å². The summed E-state index contributed by atoms with van der Waals surface area (Å²) in [5.41, 5.74) is 10.7. The van der Waals surface area contributed by atoms with Gasteiger partial charge in [-0.15, -0.1) is 0 Å². The van der Waals surface area contributed by atoms with Crippen LogP contribution in [0.15, 0.2) is 37.1 Å². The van der Waals surface area contributed by atoms with Crippen LogP contribution in [0, 0.1) is 0 Å². The molecule has 1 amide bonds. The van der Waals surface area contributed by atoms with E-state index in [-0.39, 0.29) is 22.5 Å². The molecule has 2 fully saturated rings. The number of aromatic nitrogens is 5. The van der Waals surface area contributed by atoms with E-state index in [9.17, 15) is 44.1 Å². The molecule has 21 nitrogen and oxygen atoms in total. The van der Waals surface area contributed by atoms with E-state index in [2.05, 4.69) is 28.3 Å². The van der Waals surface area contributed by atoms with E-state index in [4.69, 9.17) is 23.7 Å². The van der Waals surface area contributed by atoms with Crippen molar-refractivity contribution in [2.24, 2.45) is 5.73 Å². The molecule has 44 heavy (non-hydrogen) atoms. The maximum Gasteiger partial charge on any atom is 0.478 e. The molecule has 9 N–H and O–H groups in total. The van der Waals surface area contributed by atoms with E-state index in [1.807, 2.05) is 0 Å². The molecular formula is C21H27N7O14P2. The van der Waals surface area contributed by atoms with Crippen molar-refractivity contribution in [2.75, 3.05) is 18.9 Å². The van der Waals surface area contributed by atoms with Crippen LogP contribution in [-0.2, 0) is 32.0 Å². The molecule has 240 valence electrons. The number of rotatable bonds is 11. The topological polar surface area (TPSA) is 321 Å². The summed E-state index contributed by atoms with van der Waals surface area (Å²) >= 11 is 0. The number of aliphatic hydroxyl groups is 4. The number of carbonyl (C=O) groups excluding carboxylic acids is 1. The van der Waals surface area contributed by atoms with E-state index in [0.29, 0.717) is 0 Å². The second-order valence-electron chi connectivity index (χ2n) is 9.55. The van der Waals surface area contributed by atoms with E-state index in [1.54, 1.807) is 0 Å². The number of anilines is 1. The monoisotopic (exact) mass is 667 g/mol. The van der Waals surface area contributed by atoms with Gasteiger partial charge < -0.3 is 55.7 Å². The molecule has 0 aliphatic carbocycles. The van der Waals surface area contributed by atoms with E-state index < -0.39 is 96.5 Å². The number of amides is 1. The molecule has 10 atom stereocenters. The lowest BCUT2D eigenvalue weighted by Gasteiger charge is -2.26. The molecule has 3 aromatic heterocycles. The fraction of sp³-hybridized carbons (Fsp3) is 0.476. The molecule has 0 aromatic carbocycles. The average Bonchev–Trinajstić information content (AvgIpc) is 3.56. The lowest BCUT2D eigenvalue weighted by atomic mass is 10.1. The van der Waals surface area contributed by atoms with Crippen molar-refractivity contribution in [3.05, 3.63) is 42.7 Å². The third-order valence-corrected chi connectivity index (χ3v) is 9.18. The van der Waals surface area contributed by atoms with Crippen LogP contribution >= 0.6 is 15.6 Å². The number of hydrogen-bond acceptors (Lipinski definition) is 17. The van der Waals surface area contributed by atoms with Crippen molar-refractivity contribution in [2.45, 2.75) is 49.1 Å². The summed E-state index contributed by atoms with van der Waals surface area (Å²) < 4.78 is 66.8. The van der Waals surface area contributed by atoms with Gasteiger partial charge in [0.1, 0.15) is 50.6 Å². The van der Waals surface area contributed by atoms with Crippen LogP contribution in [0.3, 0.4) is 0 Å². The molecule has 5 rings (SSSR count).